The molecule has 0 radical (unpaired) electrons. The van der Waals surface area contributed by atoms with Crippen LogP contribution in [0.1, 0.15) is 5.56 Å². The Bertz CT molecular complexity index is 466. The Morgan fingerprint density at radius 1 is 1.50 bits per heavy atom. The van der Waals surface area contributed by atoms with Crippen LogP contribution in [0.15, 0.2) is 28.3 Å². The van der Waals surface area contributed by atoms with Crippen molar-refractivity contribution < 1.29 is 14.4 Å². The van der Waals surface area contributed by atoms with Crippen molar-refractivity contribution in [3.63, 3.8) is 0 Å². The van der Waals surface area contributed by atoms with Crippen molar-refractivity contribution >= 4 is 23.4 Å². The third-order valence-corrected chi connectivity index (χ3v) is 1.91. The Kier molecular flexibility index (Phi) is 1.85. The van der Waals surface area contributed by atoms with Crippen molar-refractivity contribution in [1.82, 2.24) is 0 Å². The van der Waals surface area contributed by atoms with Crippen LogP contribution < -0.4 is 0 Å². The molecule has 0 amide bonds. The number of oxime groups is 1. The van der Waals surface area contributed by atoms with E-state index in [0.717, 1.165) is 0 Å². The van der Waals surface area contributed by atoms with Crippen LogP contribution in [0.2, 0.25) is 0 Å². The zero-order valence-corrected chi connectivity index (χ0v) is 6.94. The van der Waals surface area contributed by atoms with Gasteiger partial charge in [-0.25, -0.2) is 9.38 Å². The number of aliphatic imine (C=N–C) groups is 1. The number of aldehydes is 1. The van der Waals surface area contributed by atoms with Crippen molar-refractivity contribution in [3.05, 3.63) is 29.6 Å². The van der Waals surface area contributed by atoms with Gasteiger partial charge >= 0.3 is 0 Å². The third-order valence-electron chi connectivity index (χ3n) is 1.91. The third kappa shape index (κ3) is 1.10. The van der Waals surface area contributed by atoms with Gasteiger partial charge in [-0.15, -0.1) is 0 Å². The van der Waals surface area contributed by atoms with Crippen molar-refractivity contribution in [3.8, 4) is 0 Å². The highest BCUT2D eigenvalue weighted by atomic mass is 19.1. The molecule has 0 saturated heterocycles. The van der Waals surface area contributed by atoms with Gasteiger partial charge in [-0.1, -0.05) is 5.16 Å². The highest BCUT2D eigenvalue weighted by molar-refractivity contribution is 6.67. The molecule has 0 bridgehead atoms. The van der Waals surface area contributed by atoms with E-state index < -0.39 is 5.82 Å². The quantitative estimate of drug-likeness (QED) is 0.414. The Balaban J connectivity index is 2.64. The van der Waals surface area contributed by atoms with Crippen LogP contribution in [0.5, 0.6) is 0 Å². The first-order valence-corrected chi connectivity index (χ1v) is 3.82. The molecule has 14 heavy (non-hydrogen) atoms. The molecule has 0 aliphatic carbocycles. The van der Waals surface area contributed by atoms with Gasteiger partial charge in [0.05, 0.1) is 5.69 Å². The normalized spacial score (nSPS) is 16.6. The lowest BCUT2D eigenvalue weighted by atomic mass is 10.1. The summed E-state index contributed by atoms with van der Waals surface area (Å²) in [4.78, 5) is 14.3. The Hall–Kier alpha value is -2.04. The number of nitrogens with zero attached hydrogens (tertiary/aromatic N) is 2. The summed E-state index contributed by atoms with van der Waals surface area (Å²) >= 11 is 0. The minimum Gasteiger partial charge on any atom is -0.410 e. The number of halogens is 1. The molecule has 5 heteroatoms. The summed E-state index contributed by atoms with van der Waals surface area (Å²) in [7, 11) is 0. The molecule has 0 unspecified atom stereocenters. The lowest BCUT2D eigenvalue weighted by molar-refractivity contribution is -0.102. The van der Waals surface area contributed by atoms with Crippen LogP contribution >= 0.6 is 0 Å². The second-order valence-electron chi connectivity index (χ2n) is 2.72. The number of hydrogen-bond acceptors (Lipinski definition) is 4. The average molecular weight is 192 g/mol. The molecule has 1 aliphatic rings. The fourth-order valence-corrected chi connectivity index (χ4v) is 1.31. The lowest BCUT2D eigenvalue weighted by Gasteiger charge is -1.96. The van der Waals surface area contributed by atoms with Gasteiger partial charge in [-0.3, -0.25) is 4.79 Å². The molecule has 1 aromatic rings. The first-order valence-electron chi connectivity index (χ1n) is 3.82. The Morgan fingerprint density at radius 2 is 2.29 bits per heavy atom. The van der Waals surface area contributed by atoms with Crippen LogP contribution in [0.3, 0.4) is 0 Å². The maximum Gasteiger partial charge on any atom is 0.170 e. The Labute approximate surface area is 78.4 Å². The molecule has 1 heterocycles. The predicted molar refractivity (Wildman–Crippen MR) is 47.9 cm³/mol. The van der Waals surface area contributed by atoms with Gasteiger partial charge in [0.2, 0.25) is 0 Å². The monoisotopic (exact) mass is 192 g/mol. The van der Waals surface area contributed by atoms with E-state index in [2.05, 4.69) is 10.1 Å². The highest BCUT2D eigenvalue weighted by Crippen LogP contribution is 2.27. The lowest BCUT2D eigenvalue weighted by Crippen LogP contribution is -2.11. The molecule has 2 rings (SSSR count). The summed E-state index contributed by atoms with van der Waals surface area (Å²) < 4.78 is 12.8. The molecule has 0 saturated carbocycles. The first kappa shape index (κ1) is 8.55. The van der Waals surface area contributed by atoms with Crippen LogP contribution in [-0.4, -0.2) is 22.9 Å². The minimum absolute atomic E-state index is 0.00750. The van der Waals surface area contributed by atoms with E-state index >= 15 is 0 Å². The number of rotatable bonds is 1. The molecule has 0 atom stereocenters. The second kappa shape index (κ2) is 3.02. The summed E-state index contributed by atoms with van der Waals surface area (Å²) in [6, 6.07) is 3.81. The van der Waals surface area contributed by atoms with Gasteiger partial charge in [0.1, 0.15) is 17.2 Å². The molecular formula is C9H5FN2O2. The molecular weight excluding hydrogens is 187 g/mol. The van der Waals surface area contributed by atoms with Crippen molar-refractivity contribution in [1.29, 1.82) is 0 Å². The molecule has 70 valence electrons. The van der Waals surface area contributed by atoms with Crippen molar-refractivity contribution in [2.45, 2.75) is 0 Å². The molecule has 1 aromatic carbocycles. The fraction of sp³-hybridized carbons (Fsp3) is 0. The van der Waals surface area contributed by atoms with Crippen molar-refractivity contribution in [2.75, 3.05) is 0 Å². The van der Waals surface area contributed by atoms with E-state index in [4.69, 9.17) is 5.21 Å². The van der Waals surface area contributed by atoms with Crippen LogP contribution in [-0.2, 0) is 4.79 Å². The predicted octanol–water partition coefficient (Wildman–Crippen LogP) is 1.29. The van der Waals surface area contributed by atoms with Crippen molar-refractivity contribution in [2.24, 2.45) is 10.1 Å². The minimum atomic E-state index is -0.447. The zero-order valence-electron chi connectivity index (χ0n) is 6.94. The fourth-order valence-electron chi connectivity index (χ4n) is 1.31. The smallest absolute Gasteiger partial charge is 0.170 e. The Morgan fingerprint density at radius 3 is 2.93 bits per heavy atom. The molecule has 0 aromatic heterocycles. The maximum atomic E-state index is 12.8. The summed E-state index contributed by atoms with van der Waals surface area (Å²) in [5.74, 6) is -0.447. The van der Waals surface area contributed by atoms with Crippen LogP contribution in [0.25, 0.3) is 0 Å². The number of fused-ring (bicyclic) bond motifs is 1. The van der Waals surface area contributed by atoms with Gasteiger partial charge in [-0.05, 0) is 12.1 Å². The van der Waals surface area contributed by atoms with Gasteiger partial charge in [0.15, 0.2) is 6.29 Å². The summed E-state index contributed by atoms with van der Waals surface area (Å²) in [6.07, 6.45) is 0.465. The number of hydrogen-bond donors (Lipinski definition) is 1. The van der Waals surface area contributed by atoms with Crippen LogP contribution in [0, 0.1) is 5.82 Å². The van der Waals surface area contributed by atoms with E-state index in [1.54, 1.807) is 0 Å². The largest absolute Gasteiger partial charge is 0.410 e. The van der Waals surface area contributed by atoms with E-state index in [1.165, 1.54) is 18.2 Å². The molecule has 1 aliphatic heterocycles. The van der Waals surface area contributed by atoms with Gasteiger partial charge in [-0.2, -0.15) is 0 Å². The molecule has 4 nitrogen and oxygen atoms in total. The average Bonchev–Trinajstić information content (AvgIpc) is 2.54. The SMILES string of the molecule is O=CC1=Nc2cc(F)ccc2C1=NO. The number of carbonyl (C=O) groups excluding carboxylic acids is 1. The van der Waals surface area contributed by atoms with E-state index in [1.807, 2.05) is 0 Å². The maximum absolute atomic E-state index is 12.8. The second-order valence-corrected chi connectivity index (χ2v) is 2.72. The number of carbonyl (C=O) groups is 1. The number of benzene rings is 1. The van der Waals surface area contributed by atoms with E-state index in [0.29, 0.717) is 17.5 Å². The summed E-state index contributed by atoms with van der Waals surface area (Å²) in [5.41, 5.74) is 0.846. The summed E-state index contributed by atoms with van der Waals surface area (Å²) in [6.45, 7) is 0. The van der Waals surface area contributed by atoms with Gasteiger partial charge in [0, 0.05) is 11.6 Å². The topological polar surface area (TPSA) is 62.0 Å². The molecule has 0 fully saturated rings. The van der Waals surface area contributed by atoms with E-state index in [-0.39, 0.29) is 11.4 Å². The molecule has 0 spiro atoms. The summed E-state index contributed by atoms with van der Waals surface area (Å²) in [5, 5.41) is 11.6. The highest BCUT2D eigenvalue weighted by Gasteiger charge is 2.22. The van der Waals surface area contributed by atoms with Crippen LogP contribution in [0.4, 0.5) is 10.1 Å². The standard InChI is InChI=1S/C9H5FN2O2/c10-5-1-2-6-7(3-5)11-8(4-13)9(6)12-14/h1-4,14H. The zero-order chi connectivity index (χ0) is 10.1. The molecule has 1 N–H and O–H groups in total. The van der Waals surface area contributed by atoms with E-state index in [9.17, 15) is 9.18 Å². The first-order chi connectivity index (χ1) is 6.76. The van der Waals surface area contributed by atoms with Gasteiger partial charge in [0.25, 0.3) is 0 Å². The van der Waals surface area contributed by atoms with Gasteiger partial charge < -0.3 is 5.21 Å².